The Hall–Kier alpha value is -0.160. The smallest absolute Gasteiger partial charge is 0.0938 e. The van der Waals surface area contributed by atoms with Crippen molar-refractivity contribution < 1.29 is 10.2 Å². The van der Waals surface area contributed by atoms with E-state index < -0.39 is 12.2 Å². The molecule has 1 fully saturated rings. The standard InChI is InChI=1S/C10H22N2O2/c1-10(2,3)9(4-11)12-5-7(13)8(14)6-12/h7-9,13-14H,4-6,11H2,1-3H3. The van der Waals surface area contributed by atoms with E-state index in [1.807, 2.05) is 0 Å². The van der Waals surface area contributed by atoms with Crippen molar-refractivity contribution in [2.45, 2.75) is 39.0 Å². The Bertz CT molecular complexity index is 181. The molecule has 0 radical (unpaired) electrons. The van der Waals surface area contributed by atoms with E-state index in [4.69, 9.17) is 5.73 Å². The van der Waals surface area contributed by atoms with Crippen molar-refractivity contribution in [1.82, 2.24) is 4.90 Å². The summed E-state index contributed by atoms with van der Waals surface area (Å²) >= 11 is 0. The number of β-amino-alcohol motifs (C(OH)–C–C–N with tert-alkyl or cyclic N) is 2. The highest BCUT2D eigenvalue weighted by atomic mass is 16.3. The molecule has 0 amide bonds. The van der Waals surface area contributed by atoms with Crippen LogP contribution in [-0.4, -0.2) is 53.0 Å². The molecule has 0 saturated carbocycles. The van der Waals surface area contributed by atoms with Crippen molar-refractivity contribution >= 4 is 0 Å². The van der Waals surface area contributed by atoms with E-state index in [1.54, 1.807) is 0 Å². The lowest BCUT2D eigenvalue weighted by Gasteiger charge is -2.37. The van der Waals surface area contributed by atoms with Crippen LogP contribution in [0.4, 0.5) is 0 Å². The van der Waals surface area contributed by atoms with Gasteiger partial charge >= 0.3 is 0 Å². The third kappa shape index (κ3) is 2.45. The Morgan fingerprint density at radius 3 is 2.00 bits per heavy atom. The molecule has 3 atom stereocenters. The number of aliphatic hydroxyl groups excluding tert-OH is 2. The van der Waals surface area contributed by atoms with E-state index in [0.29, 0.717) is 19.6 Å². The van der Waals surface area contributed by atoms with Gasteiger partial charge in [0.05, 0.1) is 12.2 Å². The molecular formula is C10H22N2O2. The number of rotatable bonds is 2. The molecule has 0 spiro atoms. The van der Waals surface area contributed by atoms with Crippen LogP contribution in [0.2, 0.25) is 0 Å². The van der Waals surface area contributed by atoms with E-state index in [9.17, 15) is 10.2 Å². The molecule has 1 saturated heterocycles. The summed E-state index contributed by atoms with van der Waals surface area (Å²) in [6.45, 7) is 7.99. The molecular weight excluding hydrogens is 180 g/mol. The van der Waals surface area contributed by atoms with Gasteiger partial charge in [0.2, 0.25) is 0 Å². The summed E-state index contributed by atoms with van der Waals surface area (Å²) in [4.78, 5) is 2.08. The molecule has 4 N–H and O–H groups in total. The first-order chi connectivity index (χ1) is 6.36. The quantitative estimate of drug-likeness (QED) is 0.559. The fraction of sp³-hybridized carbons (Fsp3) is 1.00. The zero-order valence-electron chi connectivity index (χ0n) is 9.27. The van der Waals surface area contributed by atoms with Crippen LogP contribution >= 0.6 is 0 Å². The normalized spacial score (nSPS) is 32.1. The van der Waals surface area contributed by atoms with Gasteiger partial charge in [-0.25, -0.2) is 0 Å². The van der Waals surface area contributed by atoms with Gasteiger partial charge < -0.3 is 15.9 Å². The van der Waals surface area contributed by atoms with Crippen molar-refractivity contribution in [3.8, 4) is 0 Å². The van der Waals surface area contributed by atoms with E-state index in [2.05, 4.69) is 25.7 Å². The molecule has 0 aromatic rings. The van der Waals surface area contributed by atoms with Gasteiger partial charge in [-0.05, 0) is 5.41 Å². The Kier molecular flexibility index (Phi) is 3.53. The summed E-state index contributed by atoms with van der Waals surface area (Å²) in [5.74, 6) is 0. The lowest BCUT2D eigenvalue weighted by molar-refractivity contribution is 0.0572. The highest BCUT2D eigenvalue weighted by molar-refractivity contribution is 4.92. The Balaban J connectivity index is 2.64. The van der Waals surface area contributed by atoms with Gasteiger partial charge in [-0.3, -0.25) is 4.90 Å². The summed E-state index contributed by atoms with van der Waals surface area (Å²) in [5, 5.41) is 18.9. The first-order valence-corrected chi connectivity index (χ1v) is 5.16. The molecule has 14 heavy (non-hydrogen) atoms. The van der Waals surface area contributed by atoms with Crippen LogP contribution in [-0.2, 0) is 0 Å². The van der Waals surface area contributed by atoms with Gasteiger partial charge in [0.25, 0.3) is 0 Å². The molecule has 84 valence electrons. The van der Waals surface area contributed by atoms with E-state index in [1.165, 1.54) is 0 Å². The summed E-state index contributed by atoms with van der Waals surface area (Å²) in [7, 11) is 0. The van der Waals surface area contributed by atoms with Crippen molar-refractivity contribution in [2.75, 3.05) is 19.6 Å². The molecule has 4 nitrogen and oxygen atoms in total. The maximum absolute atomic E-state index is 9.45. The predicted octanol–water partition coefficient (Wildman–Crippen LogP) is -0.603. The number of aliphatic hydroxyl groups is 2. The number of hydrogen-bond donors (Lipinski definition) is 3. The van der Waals surface area contributed by atoms with Crippen LogP contribution in [0.3, 0.4) is 0 Å². The fourth-order valence-electron chi connectivity index (χ4n) is 2.10. The van der Waals surface area contributed by atoms with Crippen LogP contribution in [0, 0.1) is 5.41 Å². The number of nitrogens with zero attached hydrogens (tertiary/aromatic N) is 1. The second kappa shape index (κ2) is 4.14. The zero-order valence-corrected chi connectivity index (χ0v) is 9.27. The summed E-state index contributed by atoms with van der Waals surface area (Å²) in [6, 6.07) is 0.217. The molecule has 1 rings (SSSR count). The molecule has 1 heterocycles. The minimum absolute atomic E-state index is 0.0819. The molecule has 0 bridgehead atoms. The molecule has 0 aliphatic carbocycles. The number of likely N-dealkylation sites (tertiary alicyclic amines) is 1. The van der Waals surface area contributed by atoms with Crippen LogP contribution in [0.15, 0.2) is 0 Å². The molecule has 0 aromatic heterocycles. The van der Waals surface area contributed by atoms with E-state index in [0.717, 1.165) is 0 Å². The summed E-state index contributed by atoms with van der Waals surface area (Å²) in [5.41, 5.74) is 5.81. The van der Waals surface area contributed by atoms with Gasteiger partial charge in [0.15, 0.2) is 0 Å². The average Bonchev–Trinajstić information content (AvgIpc) is 2.30. The molecule has 0 aromatic carbocycles. The van der Waals surface area contributed by atoms with E-state index >= 15 is 0 Å². The fourth-order valence-corrected chi connectivity index (χ4v) is 2.10. The SMILES string of the molecule is CC(C)(C)C(CN)N1CC(O)C(O)C1. The minimum atomic E-state index is -0.619. The van der Waals surface area contributed by atoms with Crippen LogP contribution in [0.5, 0.6) is 0 Å². The Morgan fingerprint density at radius 2 is 1.71 bits per heavy atom. The third-order valence-corrected chi connectivity index (χ3v) is 2.95. The van der Waals surface area contributed by atoms with Crippen LogP contribution < -0.4 is 5.73 Å². The molecule has 1 aliphatic rings. The van der Waals surface area contributed by atoms with Gasteiger partial charge in [-0.15, -0.1) is 0 Å². The monoisotopic (exact) mass is 202 g/mol. The van der Waals surface area contributed by atoms with Gasteiger partial charge in [0.1, 0.15) is 0 Å². The van der Waals surface area contributed by atoms with Crippen molar-refractivity contribution in [2.24, 2.45) is 11.1 Å². The first kappa shape index (κ1) is 11.9. The number of hydrogen-bond acceptors (Lipinski definition) is 4. The second-order valence-electron chi connectivity index (χ2n) is 5.21. The van der Waals surface area contributed by atoms with Crippen molar-refractivity contribution in [1.29, 1.82) is 0 Å². The molecule has 1 aliphatic heterocycles. The summed E-state index contributed by atoms with van der Waals surface area (Å²) in [6.07, 6.45) is -1.24. The topological polar surface area (TPSA) is 69.7 Å². The Labute approximate surface area is 85.7 Å². The second-order valence-corrected chi connectivity index (χ2v) is 5.21. The average molecular weight is 202 g/mol. The first-order valence-electron chi connectivity index (χ1n) is 5.16. The summed E-state index contributed by atoms with van der Waals surface area (Å²) < 4.78 is 0. The highest BCUT2D eigenvalue weighted by Gasteiger charge is 2.37. The predicted molar refractivity (Wildman–Crippen MR) is 55.9 cm³/mol. The van der Waals surface area contributed by atoms with Gasteiger partial charge in [0, 0.05) is 25.7 Å². The maximum atomic E-state index is 9.45. The molecule has 3 unspecified atom stereocenters. The van der Waals surface area contributed by atoms with E-state index in [-0.39, 0.29) is 11.5 Å². The zero-order chi connectivity index (χ0) is 10.9. The number of nitrogens with two attached hydrogens (primary N) is 1. The van der Waals surface area contributed by atoms with Gasteiger partial charge in [-0.1, -0.05) is 20.8 Å². The van der Waals surface area contributed by atoms with Gasteiger partial charge in [-0.2, -0.15) is 0 Å². The van der Waals surface area contributed by atoms with Crippen molar-refractivity contribution in [3.05, 3.63) is 0 Å². The van der Waals surface area contributed by atoms with Crippen LogP contribution in [0.25, 0.3) is 0 Å². The third-order valence-electron chi connectivity index (χ3n) is 2.95. The van der Waals surface area contributed by atoms with Crippen LogP contribution in [0.1, 0.15) is 20.8 Å². The largest absolute Gasteiger partial charge is 0.389 e. The molecule has 4 heteroatoms. The maximum Gasteiger partial charge on any atom is 0.0938 e. The highest BCUT2D eigenvalue weighted by Crippen LogP contribution is 2.26. The minimum Gasteiger partial charge on any atom is -0.389 e. The van der Waals surface area contributed by atoms with Crippen molar-refractivity contribution in [3.63, 3.8) is 0 Å². The lowest BCUT2D eigenvalue weighted by Crippen LogP contribution is -2.48. The Morgan fingerprint density at radius 1 is 1.29 bits per heavy atom. The lowest BCUT2D eigenvalue weighted by atomic mass is 9.86.